The summed E-state index contributed by atoms with van der Waals surface area (Å²) in [6, 6.07) is 20.3. The topological polar surface area (TPSA) is 91.7 Å². The van der Waals surface area contributed by atoms with Crippen molar-refractivity contribution in [1.29, 1.82) is 0 Å². The summed E-state index contributed by atoms with van der Waals surface area (Å²) in [4.78, 5) is 39.7. The molecule has 4 rings (SSSR count). The molecule has 2 N–H and O–H groups in total. The van der Waals surface area contributed by atoms with Gasteiger partial charge in [0, 0.05) is 25.6 Å². The molecule has 1 fully saturated rings. The number of rotatable bonds is 7. The van der Waals surface area contributed by atoms with Crippen LogP contribution in [0, 0.1) is 5.92 Å². The van der Waals surface area contributed by atoms with Gasteiger partial charge in [0.25, 0.3) is 11.8 Å². The summed E-state index contributed by atoms with van der Waals surface area (Å²) in [5, 5.41) is 5.85. The Morgan fingerprint density at radius 2 is 1.64 bits per heavy atom. The normalized spacial score (nSPS) is 14.0. The average molecular weight is 446 g/mol. The fraction of sp³-hybridized carbons (Fsp3) is 0.269. The third kappa shape index (κ3) is 5.68. The second-order valence-corrected chi connectivity index (χ2v) is 8.07. The van der Waals surface area contributed by atoms with Crippen molar-refractivity contribution in [3.63, 3.8) is 0 Å². The minimum atomic E-state index is -0.222. The largest absolute Gasteiger partial charge is 0.459 e. The van der Waals surface area contributed by atoms with Crippen molar-refractivity contribution in [1.82, 2.24) is 10.2 Å². The Morgan fingerprint density at radius 1 is 0.909 bits per heavy atom. The fourth-order valence-corrected chi connectivity index (χ4v) is 3.99. The molecule has 7 heteroatoms. The zero-order chi connectivity index (χ0) is 23.0. The van der Waals surface area contributed by atoms with Gasteiger partial charge in [0.05, 0.1) is 17.5 Å². The number of likely N-dealkylation sites (tertiary alicyclic amines) is 1. The summed E-state index contributed by atoms with van der Waals surface area (Å²) in [7, 11) is 0. The first-order chi connectivity index (χ1) is 16.1. The molecule has 7 nitrogen and oxygen atoms in total. The molecule has 0 saturated carbocycles. The summed E-state index contributed by atoms with van der Waals surface area (Å²) in [5.74, 6) is -0.424. The van der Waals surface area contributed by atoms with Crippen LogP contribution in [0.4, 0.5) is 5.69 Å². The highest BCUT2D eigenvalue weighted by Gasteiger charge is 2.29. The minimum absolute atomic E-state index is 0.135. The van der Waals surface area contributed by atoms with Crippen LogP contribution in [0.3, 0.4) is 0 Å². The maximum atomic E-state index is 12.9. The lowest BCUT2D eigenvalue weighted by Gasteiger charge is -2.30. The monoisotopic (exact) mass is 445 g/mol. The van der Waals surface area contributed by atoms with E-state index in [2.05, 4.69) is 10.6 Å². The highest BCUT2D eigenvalue weighted by molar-refractivity contribution is 6.04. The summed E-state index contributed by atoms with van der Waals surface area (Å²) < 4.78 is 5.18. The number of benzene rings is 2. The van der Waals surface area contributed by atoms with Gasteiger partial charge in [-0.2, -0.15) is 0 Å². The number of nitrogens with one attached hydrogen (secondary N) is 2. The number of hydrogen-bond acceptors (Lipinski definition) is 4. The molecule has 2 heterocycles. The highest BCUT2D eigenvalue weighted by atomic mass is 16.3. The van der Waals surface area contributed by atoms with Gasteiger partial charge in [0.15, 0.2) is 5.76 Å². The predicted octanol–water partition coefficient (Wildman–Crippen LogP) is 3.74. The van der Waals surface area contributed by atoms with E-state index >= 15 is 0 Å². The minimum Gasteiger partial charge on any atom is -0.459 e. The van der Waals surface area contributed by atoms with Crippen molar-refractivity contribution < 1.29 is 18.8 Å². The molecule has 0 radical (unpaired) electrons. The maximum Gasteiger partial charge on any atom is 0.289 e. The SMILES string of the molecule is O=C(NCCc1ccccc1)c1ccccc1NC(=O)C1CCN(C(=O)c2ccco2)CC1. The molecule has 2 aromatic carbocycles. The molecule has 0 atom stereocenters. The Morgan fingerprint density at radius 3 is 2.36 bits per heavy atom. The smallest absolute Gasteiger partial charge is 0.289 e. The van der Waals surface area contributed by atoms with Gasteiger partial charge in [-0.1, -0.05) is 42.5 Å². The van der Waals surface area contributed by atoms with Crippen molar-refractivity contribution in [3.05, 3.63) is 89.9 Å². The van der Waals surface area contributed by atoms with Gasteiger partial charge in [0.1, 0.15) is 0 Å². The molecular weight excluding hydrogens is 418 g/mol. The quantitative estimate of drug-likeness (QED) is 0.580. The Hall–Kier alpha value is -3.87. The number of anilines is 1. The van der Waals surface area contributed by atoms with Crippen molar-refractivity contribution in [2.24, 2.45) is 5.92 Å². The standard InChI is InChI=1S/C26H27N3O4/c30-24(20-13-16-29(17-14-20)26(32)23-11-6-18-33-23)28-22-10-5-4-9-21(22)25(31)27-15-12-19-7-2-1-3-8-19/h1-11,18,20H,12-17H2,(H,27,31)(H,28,30). The Kier molecular flexibility index (Phi) is 7.19. The zero-order valence-corrected chi connectivity index (χ0v) is 18.3. The number of piperidine rings is 1. The van der Waals surface area contributed by atoms with E-state index in [0.717, 1.165) is 12.0 Å². The summed E-state index contributed by atoms with van der Waals surface area (Å²) in [5.41, 5.74) is 2.08. The Balaban J connectivity index is 1.30. The van der Waals surface area contributed by atoms with Gasteiger partial charge in [-0.15, -0.1) is 0 Å². The lowest BCUT2D eigenvalue weighted by Crippen LogP contribution is -2.41. The van der Waals surface area contributed by atoms with Crippen LogP contribution < -0.4 is 10.6 Å². The molecule has 3 amide bonds. The zero-order valence-electron chi connectivity index (χ0n) is 18.3. The molecule has 1 aromatic heterocycles. The number of hydrogen-bond donors (Lipinski definition) is 2. The number of para-hydroxylation sites is 1. The first kappa shape index (κ1) is 22.3. The van der Waals surface area contributed by atoms with Crippen LogP contribution in [0.2, 0.25) is 0 Å². The fourth-order valence-electron chi connectivity index (χ4n) is 3.99. The van der Waals surface area contributed by atoms with Gasteiger partial charge in [0.2, 0.25) is 5.91 Å². The van der Waals surface area contributed by atoms with Gasteiger partial charge >= 0.3 is 0 Å². The van der Waals surface area contributed by atoms with Crippen LogP contribution in [0.25, 0.3) is 0 Å². The first-order valence-corrected chi connectivity index (χ1v) is 11.2. The van der Waals surface area contributed by atoms with E-state index < -0.39 is 0 Å². The van der Waals surface area contributed by atoms with Crippen molar-refractivity contribution in [3.8, 4) is 0 Å². The van der Waals surface area contributed by atoms with Crippen LogP contribution in [-0.2, 0) is 11.2 Å². The summed E-state index contributed by atoms with van der Waals surface area (Å²) in [6.45, 7) is 1.48. The molecule has 0 unspecified atom stereocenters. The molecule has 0 aliphatic carbocycles. The molecule has 33 heavy (non-hydrogen) atoms. The van der Waals surface area contributed by atoms with E-state index in [-0.39, 0.29) is 23.6 Å². The third-order valence-electron chi connectivity index (χ3n) is 5.86. The molecule has 0 bridgehead atoms. The molecule has 3 aromatic rings. The van der Waals surface area contributed by atoms with Crippen molar-refractivity contribution in [2.45, 2.75) is 19.3 Å². The van der Waals surface area contributed by atoms with Gasteiger partial charge in [-0.05, 0) is 49.1 Å². The van der Waals surface area contributed by atoms with Gasteiger partial charge in [-0.25, -0.2) is 0 Å². The average Bonchev–Trinajstić information content (AvgIpc) is 3.40. The molecule has 1 aliphatic heterocycles. The number of carbonyl (C=O) groups is 3. The Bertz CT molecular complexity index is 1090. The van der Waals surface area contributed by atoms with E-state index in [4.69, 9.17) is 4.42 Å². The van der Waals surface area contributed by atoms with Gasteiger partial charge < -0.3 is 20.0 Å². The van der Waals surface area contributed by atoms with Crippen LogP contribution in [-0.4, -0.2) is 42.3 Å². The lowest BCUT2D eigenvalue weighted by atomic mass is 9.95. The van der Waals surface area contributed by atoms with Crippen LogP contribution in [0.15, 0.2) is 77.4 Å². The second-order valence-electron chi connectivity index (χ2n) is 8.07. The maximum absolute atomic E-state index is 12.9. The number of furan rings is 1. The summed E-state index contributed by atoms with van der Waals surface area (Å²) >= 11 is 0. The van der Waals surface area contributed by atoms with E-state index in [1.54, 1.807) is 41.3 Å². The second kappa shape index (κ2) is 10.6. The number of carbonyl (C=O) groups excluding carboxylic acids is 3. The molecule has 170 valence electrons. The number of amides is 3. The Labute approximate surface area is 192 Å². The molecular formula is C26H27N3O4. The van der Waals surface area contributed by atoms with Crippen molar-refractivity contribution in [2.75, 3.05) is 25.0 Å². The van der Waals surface area contributed by atoms with E-state index in [1.165, 1.54) is 6.26 Å². The molecule has 0 spiro atoms. The molecule has 1 aliphatic rings. The van der Waals surface area contributed by atoms with E-state index in [0.29, 0.717) is 49.5 Å². The predicted molar refractivity (Wildman–Crippen MR) is 125 cm³/mol. The van der Waals surface area contributed by atoms with Crippen LogP contribution >= 0.6 is 0 Å². The first-order valence-electron chi connectivity index (χ1n) is 11.2. The van der Waals surface area contributed by atoms with Gasteiger partial charge in [-0.3, -0.25) is 14.4 Å². The third-order valence-corrected chi connectivity index (χ3v) is 5.86. The lowest BCUT2D eigenvalue weighted by molar-refractivity contribution is -0.121. The molecule has 1 saturated heterocycles. The van der Waals surface area contributed by atoms with Crippen LogP contribution in [0.1, 0.15) is 39.3 Å². The summed E-state index contributed by atoms with van der Waals surface area (Å²) in [6.07, 6.45) is 3.33. The van der Waals surface area contributed by atoms with E-state index in [9.17, 15) is 14.4 Å². The number of nitrogens with zero attached hydrogens (tertiary/aromatic N) is 1. The van der Waals surface area contributed by atoms with Crippen molar-refractivity contribution >= 4 is 23.4 Å². The highest BCUT2D eigenvalue weighted by Crippen LogP contribution is 2.23. The van der Waals surface area contributed by atoms with Crippen LogP contribution in [0.5, 0.6) is 0 Å². The van der Waals surface area contributed by atoms with E-state index in [1.807, 2.05) is 30.3 Å².